The molecule has 0 atom stereocenters. The maximum atomic E-state index is 12.4. The first-order chi connectivity index (χ1) is 12.7. The highest BCUT2D eigenvalue weighted by molar-refractivity contribution is 5.76. The van der Waals surface area contributed by atoms with Crippen LogP contribution in [-0.2, 0) is 17.9 Å². The van der Waals surface area contributed by atoms with Gasteiger partial charge in [0, 0.05) is 63.6 Å². The van der Waals surface area contributed by atoms with E-state index in [1.54, 1.807) is 30.5 Å². The smallest absolute Gasteiger partial charge is 0.316 e. The number of amides is 1. The summed E-state index contributed by atoms with van der Waals surface area (Å²) in [7, 11) is 1.56. The molecule has 1 saturated heterocycles. The average Bonchev–Trinajstić information content (AvgIpc) is 3.07. The molecule has 140 valence electrons. The number of carbonyl (C=O) groups is 1. The second-order valence-corrected chi connectivity index (χ2v) is 6.35. The van der Waals surface area contributed by atoms with Crippen molar-refractivity contribution in [2.24, 2.45) is 0 Å². The van der Waals surface area contributed by atoms with Crippen LogP contribution in [0.4, 0.5) is 0 Å². The molecule has 0 unspecified atom stereocenters. The summed E-state index contributed by atoms with van der Waals surface area (Å²) in [5.74, 6) is 0.222. The van der Waals surface area contributed by atoms with Crippen molar-refractivity contribution >= 4 is 5.91 Å². The molecule has 1 amide bonds. The fraction of sp³-hybridized carbons (Fsp3) is 0.588. The molecule has 26 heavy (non-hydrogen) atoms. The zero-order chi connectivity index (χ0) is 18.2. The molecule has 0 saturated carbocycles. The van der Waals surface area contributed by atoms with Crippen molar-refractivity contribution in [2.75, 3.05) is 33.3 Å². The first-order valence-electron chi connectivity index (χ1n) is 8.92. The predicted octanol–water partition coefficient (Wildman–Crippen LogP) is 0.591. The van der Waals surface area contributed by atoms with Gasteiger partial charge in [0.05, 0.1) is 7.11 Å². The second-order valence-electron chi connectivity index (χ2n) is 6.35. The van der Waals surface area contributed by atoms with E-state index in [2.05, 4.69) is 25.0 Å². The molecule has 9 heteroatoms. The molecule has 1 aliphatic rings. The third-order valence-corrected chi connectivity index (χ3v) is 4.46. The maximum absolute atomic E-state index is 12.4. The maximum Gasteiger partial charge on any atom is 0.316 e. The molecule has 1 fully saturated rings. The summed E-state index contributed by atoms with van der Waals surface area (Å²) in [4.78, 5) is 29.0. The van der Waals surface area contributed by atoms with Crippen molar-refractivity contribution in [2.45, 2.75) is 32.4 Å². The van der Waals surface area contributed by atoms with Crippen LogP contribution in [0, 0.1) is 0 Å². The summed E-state index contributed by atoms with van der Waals surface area (Å²) in [5.41, 5.74) is 1.05. The van der Waals surface area contributed by atoms with E-state index in [9.17, 15) is 4.79 Å². The number of ether oxygens (including phenoxy) is 1. The lowest BCUT2D eigenvalue weighted by Gasteiger charge is -2.22. The van der Waals surface area contributed by atoms with E-state index in [0.717, 1.165) is 57.7 Å². The van der Waals surface area contributed by atoms with Crippen LogP contribution in [0.5, 0.6) is 6.01 Å². The molecular formula is C17H25N7O2. The molecule has 9 nitrogen and oxygen atoms in total. The van der Waals surface area contributed by atoms with Crippen molar-refractivity contribution in [1.82, 2.24) is 34.5 Å². The van der Waals surface area contributed by atoms with Gasteiger partial charge < -0.3 is 9.64 Å². The predicted molar refractivity (Wildman–Crippen MR) is 94.3 cm³/mol. The van der Waals surface area contributed by atoms with Gasteiger partial charge in [-0.05, 0) is 12.8 Å². The Bertz CT molecular complexity index is 675. The largest absolute Gasteiger partial charge is 0.467 e. The van der Waals surface area contributed by atoms with Crippen molar-refractivity contribution in [3.63, 3.8) is 0 Å². The van der Waals surface area contributed by atoms with Crippen LogP contribution in [0.2, 0.25) is 0 Å². The van der Waals surface area contributed by atoms with Crippen LogP contribution in [0.15, 0.2) is 25.0 Å². The van der Waals surface area contributed by atoms with Gasteiger partial charge in [0.15, 0.2) is 0 Å². The third-order valence-electron chi connectivity index (χ3n) is 4.46. The summed E-state index contributed by atoms with van der Waals surface area (Å²) in [5, 5.41) is 4.06. The summed E-state index contributed by atoms with van der Waals surface area (Å²) in [6.45, 7) is 4.92. The fourth-order valence-corrected chi connectivity index (χ4v) is 3.07. The van der Waals surface area contributed by atoms with Crippen molar-refractivity contribution in [3.8, 4) is 6.01 Å². The van der Waals surface area contributed by atoms with E-state index < -0.39 is 0 Å². The van der Waals surface area contributed by atoms with Gasteiger partial charge >= 0.3 is 6.01 Å². The third kappa shape index (κ3) is 5.22. The van der Waals surface area contributed by atoms with E-state index >= 15 is 0 Å². The number of methoxy groups -OCH3 is 1. The Labute approximate surface area is 153 Å². The van der Waals surface area contributed by atoms with Crippen LogP contribution in [0.1, 0.15) is 24.8 Å². The Morgan fingerprint density at radius 1 is 1.19 bits per heavy atom. The van der Waals surface area contributed by atoms with Gasteiger partial charge in [-0.2, -0.15) is 5.10 Å². The minimum Gasteiger partial charge on any atom is -0.467 e. The first-order valence-corrected chi connectivity index (χ1v) is 8.92. The lowest BCUT2D eigenvalue weighted by atomic mass is 10.2. The SMILES string of the molecule is COc1ncc(CN2CCCN(C(=O)CCCn3cncn3)CC2)cn1. The van der Waals surface area contributed by atoms with E-state index in [4.69, 9.17) is 4.74 Å². The molecule has 0 spiro atoms. The summed E-state index contributed by atoms with van der Waals surface area (Å²) in [6, 6.07) is 0.382. The zero-order valence-corrected chi connectivity index (χ0v) is 15.1. The summed E-state index contributed by atoms with van der Waals surface area (Å²) < 4.78 is 6.74. The minimum atomic E-state index is 0.222. The van der Waals surface area contributed by atoms with Gasteiger partial charge in [-0.3, -0.25) is 14.4 Å². The molecular weight excluding hydrogens is 334 g/mol. The molecule has 0 bridgehead atoms. The molecule has 3 rings (SSSR count). The lowest BCUT2D eigenvalue weighted by molar-refractivity contribution is -0.131. The molecule has 1 aliphatic heterocycles. The normalized spacial score (nSPS) is 15.7. The number of aromatic nitrogens is 5. The molecule has 0 aliphatic carbocycles. The highest BCUT2D eigenvalue weighted by atomic mass is 16.5. The molecule has 0 aromatic carbocycles. The minimum absolute atomic E-state index is 0.222. The van der Waals surface area contributed by atoms with Gasteiger partial charge in [-0.15, -0.1) is 0 Å². The van der Waals surface area contributed by atoms with Crippen LogP contribution in [0.25, 0.3) is 0 Å². The highest BCUT2D eigenvalue weighted by Gasteiger charge is 2.19. The quantitative estimate of drug-likeness (QED) is 0.715. The number of hydrogen-bond donors (Lipinski definition) is 0. The monoisotopic (exact) mass is 359 g/mol. The van der Waals surface area contributed by atoms with Crippen molar-refractivity contribution in [3.05, 3.63) is 30.6 Å². The molecule has 0 radical (unpaired) electrons. The molecule has 0 N–H and O–H groups in total. The summed E-state index contributed by atoms with van der Waals surface area (Å²) in [6.07, 6.45) is 9.09. The lowest BCUT2D eigenvalue weighted by Crippen LogP contribution is -2.35. The first kappa shape index (κ1) is 18.2. The van der Waals surface area contributed by atoms with E-state index in [1.807, 2.05) is 4.90 Å². The fourth-order valence-electron chi connectivity index (χ4n) is 3.07. The standard InChI is InChI=1S/C17H25N7O2/c1-26-17-19-10-15(11-20-17)12-22-5-3-6-23(9-8-22)16(25)4-2-7-24-14-18-13-21-24/h10-11,13-14H,2-9,12H2,1H3. The highest BCUT2D eigenvalue weighted by Crippen LogP contribution is 2.11. The Morgan fingerprint density at radius 3 is 2.77 bits per heavy atom. The zero-order valence-electron chi connectivity index (χ0n) is 15.1. The number of aryl methyl sites for hydroxylation is 1. The van der Waals surface area contributed by atoms with E-state index in [-0.39, 0.29) is 5.91 Å². The number of carbonyl (C=O) groups excluding carboxylic acids is 1. The van der Waals surface area contributed by atoms with Crippen molar-refractivity contribution < 1.29 is 9.53 Å². The van der Waals surface area contributed by atoms with Gasteiger partial charge in [0.1, 0.15) is 12.7 Å². The van der Waals surface area contributed by atoms with Crippen molar-refractivity contribution in [1.29, 1.82) is 0 Å². The van der Waals surface area contributed by atoms with Crippen LogP contribution in [-0.4, -0.2) is 73.7 Å². The van der Waals surface area contributed by atoms with Crippen LogP contribution >= 0.6 is 0 Å². The van der Waals surface area contributed by atoms with Crippen LogP contribution in [0.3, 0.4) is 0 Å². The molecule has 3 heterocycles. The Hall–Kier alpha value is -2.55. The Kier molecular flexibility index (Phi) is 6.48. The van der Waals surface area contributed by atoms with E-state index in [1.165, 1.54) is 6.33 Å². The topological polar surface area (TPSA) is 89.3 Å². The second kappa shape index (κ2) is 9.23. The van der Waals surface area contributed by atoms with Gasteiger partial charge in [0.2, 0.25) is 5.91 Å². The van der Waals surface area contributed by atoms with Gasteiger partial charge in [-0.25, -0.2) is 15.0 Å². The summed E-state index contributed by atoms with van der Waals surface area (Å²) >= 11 is 0. The van der Waals surface area contributed by atoms with Gasteiger partial charge in [0.25, 0.3) is 0 Å². The number of rotatable bonds is 7. The molecule has 2 aromatic rings. The Morgan fingerprint density at radius 2 is 2.04 bits per heavy atom. The Balaban J connectivity index is 1.42. The molecule has 2 aromatic heterocycles. The van der Waals surface area contributed by atoms with Gasteiger partial charge in [-0.1, -0.05) is 0 Å². The van der Waals surface area contributed by atoms with Crippen LogP contribution < -0.4 is 4.74 Å². The van der Waals surface area contributed by atoms with E-state index in [0.29, 0.717) is 12.4 Å². The number of hydrogen-bond acceptors (Lipinski definition) is 7. The number of nitrogens with zero attached hydrogens (tertiary/aromatic N) is 7. The average molecular weight is 359 g/mol.